The molecule has 76 valence electrons. The normalized spacial score (nSPS) is 15.0. The number of hydrogen-bond acceptors (Lipinski definition) is 5. The molecule has 0 fully saturated rings. The molecule has 0 saturated carbocycles. The molecule has 6 heteroatoms. The fraction of sp³-hybridized carbons (Fsp3) is 0.714. The Hall–Kier alpha value is -0.980. The zero-order valence-corrected chi connectivity index (χ0v) is 6.88. The van der Waals surface area contributed by atoms with Gasteiger partial charge in [0.1, 0.15) is 0 Å². The van der Waals surface area contributed by atoms with Gasteiger partial charge in [0.15, 0.2) is 0 Å². The molecule has 0 unspecified atom stereocenters. The third-order valence-electron chi connectivity index (χ3n) is 1.41. The average molecular weight is 192 g/mol. The third kappa shape index (κ3) is 5.29. The van der Waals surface area contributed by atoms with Gasteiger partial charge in [-0.15, -0.1) is 0 Å². The minimum absolute atomic E-state index is 0.213. The molecule has 2 atom stereocenters. The van der Waals surface area contributed by atoms with Gasteiger partial charge in [-0.25, -0.2) is 4.79 Å². The number of carbonyl (C=O) groups excluding carboxylic acids is 1. The Morgan fingerprint density at radius 1 is 1.15 bits per heavy atom. The van der Waals surface area contributed by atoms with Crippen molar-refractivity contribution >= 4 is 11.8 Å². The molecule has 0 spiro atoms. The molecule has 0 amide bonds. The minimum atomic E-state index is -1.61. The minimum Gasteiger partial charge on any atom is -0.475 e. The maximum Gasteiger partial charge on any atom is 0.372 e. The second-order valence-electron chi connectivity index (χ2n) is 2.66. The number of carbonyl (C=O) groups is 2. The molecule has 0 rings (SSSR count). The van der Waals surface area contributed by atoms with Crippen molar-refractivity contribution < 1.29 is 30.0 Å². The van der Waals surface area contributed by atoms with Crippen molar-refractivity contribution in [1.29, 1.82) is 0 Å². The predicted octanol–water partition coefficient (Wildman–Crippen LogP) is -1.87. The van der Waals surface area contributed by atoms with E-state index in [2.05, 4.69) is 0 Å². The number of ketones is 1. The summed E-state index contributed by atoms with van der Waals surface area (Å²) < 4.78 is 0. The van der Waals surface area contributed by atoms with Gasteiger partial charge in [0.25, 0.3) is 0 Å². The summed E-state index contributed by atoms with van der Waals surface area (Å²) in [6.45, 7) is -0.529. The molecule has 0 heterocycles. The van der Waals surface area contributed by atoms with Crippen LogP contribution < -0.4 is 0 Å². The highest BCUT2D eigenvalue weighted by atomic mass is 16.4. The van der Waals surface area contributed by atoms with Gasteiger partial charge in [0, 0.05) is 12.8 Å². The maximum absolute atomic E-state index is 10.5. The first kappa shape index (κ1) is 12.0. The smallest absolute Gasteiger partial charge is 0.372 e. The second-order valence-corrected chi connectivity index (χ2v) is 2.66. The summed E-state index contributed by atoms with van der Waals surface area (Å²) in [6, 6.07) is 0. The lowest BCUT2D eigenvalue weighted by atomic mass is 10.1. The number of aliphatic carboxylic acids is 1. The predicted molar refractivity (Wildman–Crippen MR) is 41.0 cm³/mol. The van der Waals surface area contributed by atoms with Crippen LogP contribution in [0.25, 0.3) is 0 Å². The quantitative estimate of drug-likeness (QED) is 0.367. The number of rotatable bonds is 6. The first-order valence-electron chi connectivity index (χ1n) is 3.70. The lowest BCUT2D eigenvalue weighted by molar-refractivity contribution is -0.150. The van der Waals surface area contributed by atoms with Gasteiger partial charge in [-0.3, -0.25) is 4.79 Å². The Bertz CT molecular complexity index is 189. The molecule has 0 aromatic carbocycles. The topological polar surface area (TPSA) is 115 Å². The van der Waals surface area contributed by atoms with Crippen LogP contribution in [0.2, 0.25) is 0 Å². The van der Waals surface area contributed by atoms with Crippen molar-refractivity contribution in [3.63, 3.8) is 0 Å². The number of aliphatic hydroxyl groups excluding tert-OH is 3. The summed E-state index contributed by atoms with van der Waals surface area (Å²) in [7, 11) is 0. The van der Waals surface area contributed by atoms with E-state index >= 15 is 0 Å². The lowest BCUT2D eigenvalue weighted by Crippen LogP contribution is -2.25. The molecule has 0 aliphatic rings. The molecule has 0 aliphatic carbocycles. The molecule has 6 nitrogen and oxygen atoms in total. The van der Waals surface area contributed by atoms with Gasteiger partial charge < -0.3 is 20.4 Å². The molecule has 0 aliphatic heterocycles. The van der Waals surface area contributed by atoms with E-state index in [-0.39, 0.29) is 6.42 Å². The monoisotopic (exact) mass is 192 g/mol. The summed E-state index contributed by atoms with van der Waals surface area (Å²) >= 11 is 0. The van der Waals surface area contributed by atoms with E-state index in [0.717, 1.165) is 0 Å². The van der Waals surface area contributed by atoms with Crippen LogP contribution in [-0.2, 0) is 9.59 Å². The van der Waals surface area contributed by atoms with Crippen LogP contribution in [0.1, 0.15) is 12.8 Å². The van der Waals surface area contributed by atoms with Crippen molar-refractivity contribution in [2.75, 3.05) is 6.61 Å². The number of carboxylic acids is 1. The fourth-order valence-corrected chi connectivity index (χ4v) is 0.773. The molecular weight excluding hydrogens is 180 g/mol. The highest BCUT2D eigenvalue weighted by Crippen LogP contribution is 2.02. The van der Waals surface area contributed by atoms with Gasteiger partial charge in [-0.1, -0.05) is 0 Å². The molecule has 0 aromatic rings. The Labute approximate surface area is 74.4 Å². The maximum atomic E-state index is 10.5. The van der Waals surface area contributed by atoms with Gasteiger partial charge in [-0.2, -0.15) is 0 Å². The van der Waals surface area contributed by atoms with Crippen molar-refractivity contribution in [2.24, 2.45) is 0 Å². The lowest BCUT2D eigenvalue weighted by Gasteiger charge is -2.11. The van der Waals surface area contributed by atoms with E-state index in [9.17, 15) is 9.59 Å². The van der Waals surface area contributed by atoms with Crippen LogP contribution in [0.4, 0.5) is 0 Å². The summed E-state index contributed by atoms with van der Waals surface area (Å²) in [5, 5.41) is 34.3. The van der Waals surface area contributed by atoms with Gasteiger partial charge in [-0.05, 0) is 0 Å². The SMILES string of the molecule is O=C(O)C(=O)C[C@H](O)C[C@@H](O)CO. The summed E-state index contributed by atoms with van der Waals surface area (Å²) in [6.07, 6.45) is -3.12. The van der Waals surface area contributed by atoms with E-state index in [4.69, 9.17) is 20.4 Å². The summed E-state index contributed by atoms with van der Waals surface area (Å²) in [5.74, 6) is -2.73. The third-order valence-corrected chi connectivity index (χ3v) is 1.41. The van der Waals surface area contributed by atoms with Crippen LogP contribution in [-0.4, -0.2) is 51.0 Å². The molecular formula is C7H12O6. The molecule has 0 saturated heterocycles. The standard InChI is InChI=1S/C7H12O6/c8-3-5(10)1-4(9)2-6(11)7(12)13/h4-5,8-10H,1-3H2,(H,12,13)/t4-,5-/m1/s1. The zero-order valence-electron chi connectivity index (χ0n) is 6.88. The molecule has 4 N–H and O–H groups in total. The van der Waals surface area contributed by atoms with E-state index in [1.807, 2.05) is 0 Å². The van der Waals surface area contributed by atoms with E-state index in [1.54, 1.807) is 0 Å². The van der Waals surface area contributed by atoms with Crippen LogP contribution in [0.3, 0.4) is 0 Å². The van der Waals surface area contributed by atoms with Crippen molar-refractivity contribution in [3.8, 4) is 0 Å². The van der Waals surface area contributed by atoms with Crippen molar-refractivity contribution in [3.05, 3.63) is 0 Å². The molecule has 0 bridgehead atoms. The van der Waals surface area contributed by atoms with Crippen LogP contribution in [0.5, 0.6) is 0 Å². The molecule has 0 aromatic heterocycles. The average Bonchev–Trinajstić information content (AvgIpc) is 2.03. The van der Waals surface area contributed by atoms with Gasteiger partial charge in [0.05, 0.1) is 18.8 Å². The molecule has 0 radical (unpaired) electrons. The first-order chi connectivity index (χ1) is 5.97. The first-order valence-corrected chi connectivity index (χ1v) is 3.70. The molecule has 13 heavy (non-hydrogen) atoms. The van der Waals surface area contributed by atoms with E-state index in [0.29, 0.717) is 0 Å². The van der Waals surface area contributed by atoms with Crippen LogP contribution in [0.15, 0.2) is 0 Å². The number of aliphatic hydroxyl groups is 3. The fourth-order valence-electron chi connectivity index (χ4n) is 0.773. The Morgan fingerprint density at radius 3 is 2.08 bits per heavy atom. The second kappa shape index (κ2) is 5.63. The number of Topliss-reactive ketones (excluding diaryl/α,β-unsaturated/α-hetero) is 1. The highest BCUT2D eigenvalue weighted by molar-refractivity contribution is 6.32. The highest BCUT2D eigenvalue weighted by Gasteiger charge is 2.19. The largest absolute Gasteiger partial charge is 0.475 e. The van der Waals surface area contributed by atoms with E-state index < -0.39 is 37.0 Å². The Morgan fingerprint density at radius 2 is 1.69 bits per heavy atom. The van der Waals surface area contributed by atoms with Gasteiger partial charge >= 0.3 is 5.97 Å². The number of hydrogen-bond donors (Lipinski definition) is 4. The summed E-state index contributed by atoms with van der Waals surface area (Å²) in [4.78, 5) is 20.5. The zero-order chi connectivity index (χ0) is 10.4. The summed E-state index contributed by atoms with van der Waals surface area (Å²) in [5.41, 5.74) is 0. The van der Waals surface area contributed by atoms with E-state index in [1.165, 1.54) is 0 Å². The van der Waals surface area contributed by atoms with Crippen LogP contribution >= 0.6 is 0 Å². The van der Waals surface area contributed by atoms with Crippen molar-refractivity contribution in [1.82, 2.24) is 0 Å². The van der Waals surface area contributed by atoms with Crippen LogP contribution in [0, 0.1) is 0 Å². The Balaban J connectivity index is 3.80. The van der Waals surface area contributed by atoms with Crippen molar-refractivity contribution in [2.45, 2.75) is 25.0 Å². The number of carboxylic acid groups (broad SMARTS) is 1. The van der Waals surface area contributed by atoms with Gasteiger partial charge in [0.2, 0.25) is 5.78 Å². The Kier molecular flexibility index (Phi) is 5.20.